The number of hydrogen-bond acceptors (Lipinski definition) is 7. The first-order valence-electron chi connectivity index (χ1n) is 10.5. The third-order valence-electron chi connectivity index (χ3n) is 6.13. The van der Waals surface area contributed by atoms with E-state index in [4.69, 9.17) is 9.98 Å². The summed E-state index contributed by atoms with van der Waals surface area (Å²) in [6.45, 7) is 5.35. The fourth-order valence-electron chi connectivity index (χ4n) is 4.26. The molecule has 6 nitrogen and oxygen atoms in total. The van der Waals surface area contributed by atoms with Crippen molar-refractivity contribution in [1.82, 2.24) is 15.3 Å². The number of hydrogen-bond donors (Lipinski definition) is 1. The summed E-state index contributed by atoms with van der Waals surface area (Å²) in [5, 5.41) is 4.62. The lowest BCUT2D eigenvalue weighted by Crippen LogP contribution is -2.52. The molecule has 0 unspecified atom stereocenters. The summed E-state index contributed by atoms with van der Waals surface area (Å²) < 4.78 is 0. The molecule has 2 saturated heterocycles. The first-order chi connectivity index (χ1) is 14.2. The monoisotopic (exact) mass is 408 g/mol. The number of nitrogens with one attached hydrogen (secondary N) is 1. The predicted molar refractivity (Wildman–Crippen MR) is 122 cm³/mol. The van der Waals surface area contributed by atoms with E-state index >= 15 is 0 Å². The van der Waals surface area contributed by atoms with Crippen LogP contribution >= 0.6 is 11.8 Å². The molecule has 0 bridgehead atoms. The number of nitrogens with zero attached hydrogens (tertiary/aromatic N) is 5. The summed E-state index contributed by atoms with van der Waals surface area (Å²) in [5.74, 6) is 2.13. The Bertz CT molecular complexity index is 869. The molecule has 4 heterocycles. The van der Waals surface area contributed by atoms with Crippen molar-refractivity contribution < 1.29 is 0 Å². The van der Waals surface area contributed by atoms with Crippen molar-refractivity contribution in [1.29, 1.82) is 0 Å². The molecule has 29 heavy (non-hydrogen) atoms. The maximum atomic E-state index is 4.83. The van der Waals surface area contributed by atoms with E-state index in [1.807, 2.05) is 12.4 Å². The Hall–Kier alpha value is -2.12. The van der Waals surface area contributed by atoms with Crippen LogP contribution in [0.4, 0.5) is 17.3 Å². The maximum Gasteiger partial charge on any atom is 0.128 e. The highest BCUT2D eigenvalue weighted by Gasteiger charge is 2.45. The third-order valence-corrected chi connectivity index (χ3v) is 6.85. The van der Waals surface area contributed by atoms with Gasteiger partial charge in [-0.3, -0.25) is 0 Å². The van der Waals surface area contributed by atoms with Gasteiger partial charge in [-0.15, -0.1) is 11.8 Å². The van der Waals surface area contributed by atoms with Gasteiger partial charge in [-0.2, -0.15) is 0 Å². The number of piperazine rings is 1. The number of rotatable bonds is 4. The number of anilines is 2. The van der Waals surface area contributed by atoms with Gasteiger partial charge in [0.1, 0.15) is 16.7 Å². The van der Waals surface area contributed by atoms with Gasteiger partial charge in [0.2, 0.25) is 0 Å². The first-order valence-corrected chi connectivity index (χ1v) is 11.8. The molecule has 7 heteroatoms. The molecule has 0 atom stereocenters. The lowest BCUT2D eigenvalue weighted by molar-refractivity contribution is 0.440. The predicted octanol–water partition coefficient (Wildman–Crippen LogP) is 3.46. The molecule has 152 valence electrons. The average Bonchev–Trinajstić information content (AvgIpc) is 3.28. The minimum Gasteiger partial charge on any atom is -0.357 e. The standard InChI is InChI=1S/C22H28N6S/c1-29-21(17-4-6-19(23-14-17)27-11-2-3-12-27)26-18-5-7-20(24-15-18)28-13-10-25-22(16-28)8-9-22/h4-7,14-15,25H,2-3,8-13,16H2,1H3. The van der Waals surface area contributed by atoms with Gasteiger partial charge in [-0.1, -0.05) is 0 Å². The van der Waals surface area contributed by atoms with Crippen LogP contribution in [0.2, 0.25) is 0 Å². The summed E-state index contributed by atoms with van der Waals surface area (Å²) in [5.41, 5.74) is 2.30. The molecular formula is C22H28N6S. The summed E-state index contributed by atoms with van der Waals surface area (Å²) in [6, 6.07) is 8.43. The van der Waals surface area contributed by atoms with E-state index in [1.54, 1.807) is 11.8 Å². The van der Waals surface area contributed by atoms with Gasteiger partial charge in [-0.05, 0) is 56.2 Å². The molecule has 2 aromatic rings. The van der Waals surface area contributed by atoms with Crippen molar-refractivity contribution in [2.75, 3.05) is 48.8 Å². The molecule has 0 amide bonds. The van der Waals surface area contributed by atoms with E-state index in [2.05, 4.69) is 50.6 Å². The fraction of sp³-hybridized carbons (Fsp3) is 0.500. The van der Waals surface area contributed by atoms with Crippen molar-refractivity contribution in [3.63, 3.8) is 0 Å². The van der Waals surface area contributed by atoms with E-state index < -0.39 is 0 Å². The highest BCUT2D eigenvalue weighted by atomic mass is 32.2. The molecule has 1 aliphatic carbocycles. The highest BCUT2D eigenvalue weighted by Crippen LogP contribution is 2.38. The lowest BCUT2D eigenvalue weighted by Gasteiger charge is -2.34. The van der Waals surface area contributed by atoms with E-state index in [-0.39, 0.29) is 0 Å². The smallest absolute Gasteiger partial charge is 0.128 e. The maximum absolute atomic E-state index is 4.83. The normalized spacial score (nSPS) is 21.1. The van der Waals surface area contributed by atoms with Crippen LogP contribution in [0.25, 0.3) is 0 Å². The molecule has 1 N–H and O–H groups in total. The molecule has 1 saturated carbocycles. The van der Waals surface area contributed by atoms with Crippen molar-refractivity contribution in [3.05, 3.63) is 42.2 Å². The minimum atomic E-state index is 0.358. The first kappa shape index (κ1) is 18.9. The highest BCUT2D eigenvalue weighted by molar-refractivity contribution is 8.13. The van der Waals surface area contributed by atoms with E-state index in [9.17, 15) is 0 Å². The van der Waals surface area contributed by atoms with Crippen LogP contribution < -0.4 is 15.1 Å². The molecule has 5 rings (SSSR count). The van der Waals surface area contributed by atoms with Gasteiger partial charge in [-0.25, -0.2) is 15.0 Å². The molecule has 3 fully saturated rings. The van der Waals surface area contributed by atoms with Crippen molar-refractivity contribution in [2.24, 2.45) is 4.99 Å². The average molecular weight is 409 g/mol. The van der Waals surface area contributed by atoms with Gasteiger partial charge in [0.05, 0.1) is 11.9 Å². The summed E-state index contributed by atoms with van der Waals surface area (Å²) in [4.78, 5) is 19.0. The Morgan fingerprint density at radius 2 is 1.76 bits per heavy atom. The molecule has 0 radical (unpaired) electrons. The fourth-order valence-corrected chi connectivity index (χ4v) is 4.81. The SMILES string of the molecule is CSC(=Nc1ccc(N2CCNC3(CC3)C2)nc1)c1ccc(N2CCCC2)nc1. The van der Waals surface area contributed by atoms with Crippen LogP contribution in [0.5, 0.6) is 0 Å². The zero-order valence-electron chi connectivity index (χ0n) is 17.0. The number of pyridine rings is 2. The van der Waals surface area contributed by atoms with Gasteiger partial charge >= 0.3 is 0 Å². The molecule has 1 spiro atoms. The second-order valence-corrected chi connectivity index (χ2v) is 9.02. The Kier molecular flexibility index (Phi) is 5.18. The van der Waals surface area contributed by atoms with Crippen molar-refractivity contribution in [2.45, 2.75) is 31.2 Å². The Balaban J connectivity index is 1.30. The number of thioether (sulfide) groups is 1. The van der Waals surface area contributed by atoms with Crippen LogP contribution in [0.1, 0.15) is 31.2 Å². The zero-order valence-corrected chi connectivity index (χ0v) is 17.8. The Labute approximate surface area is 176 Å². The summed E-state index contributed by atoms with van der Waals surface area (Å²) in [7, 11) is 0. The van der Waals surface area contributed by atoms with Gasteiger partial charge < -0.3 is 15.1 Å². The van der Waals surface area contributed by atoms with Crippen LogP contribution in [0, 0.1) is 0 Å². The number of aromatic nitrogens is 2. The molecule has 2 aromatic heterocycles. The molecular weight excluding hydrogens is 380 g/mol. The van der Waals surface area contributed by atoms with Gasteiger partial charge in [0.15, 0.2) is 0 Å². The molecule has 3 aliphatic rings. The Morgan fingerprint density at radius 1 is 1.00 bits per heavy atom. The summed E-state index contributed by atoms with van der Waals surface area (Å²) in [6.07, 6.45) is 11.0. The largest absolute Gasteiger partial charge is 0.357 e. The van der Waals surface area contributed by atoms with Crippen molar-refractivity contribution >= 4 is 34.1 Å². The second-order valence-electron chi connectivity index (χ2n) is 8.22. The zero-order chi connectivity index (χ0) is 19.7. The topological polar surface area (TPSA) is 56.6 Å². The summed E-state index contributed by atoms with van der Waals surface area (Å²) >= 11 is 1.65. The van der Waals surface area contributed by atoms with Crippen LogP contribution in [0.15, 0.2) is 41.7 Å². The number of aliphatic imine (C=N–C) groups is 1. The lowest BCUT2D eigenvalue weighted by atomic mass is 10.2. The van der Waals surface area contributed by atoms with E-state index in [0.717, 1.165) is 60.7 Å². The van der Waals surface area contributed by atoms with Crippen LogP contribution in [0.3, 0.4) is 0 Å². The van der Waals surface area contributed by atoms with Crippen LogP contribution in [-0.2, 0) is 0 Å². The third kappa shape index (κ3) is 4.12. The van der Waals surface area contributed by atoms with Gasteiger partial charge in [0, 0.05) is 50.0 Å². The van der Waals surface area contributed by atoms with E-state index in [0.29, 0.717) is 5.54 Å². The Morgan fingerprint density at radius 3 is 2.41 bits per heavy atom. The molecule has 2 aliphatic heterocycles. The van der Waals surface area contributed by atoms with E-state index in [1.165, 1.54) is 25.7 Å². The molecule has 0 aromatic carbocycles. The van der Waals surface area contributed by atoms with Gasteiger partial charge in [0.25, 0.3) is 0 Å². The van der Waals surface area contributed by atoms with Crippen LogP contribution in [-0.4, -0.2) is 59.5 Å². The second kappa shape index (κ2) is 7.95. The van der Waals surface area contributed by atoms with Crippen molar-refractivity contribution in [3.8, 4) is 0 Å². The minimum absolute atomic E-state index is 0.358. The quantitative estimate of drug-likeness (QED) is 0.618.